The lowest BCUT2D eigenvalue weighted by molar-refractivity contribution is -0.131. The highest BCUT2D eigenvalue weighted by Gasteiger charge is 2.23. The number of carbonyl (C=O) groups excluding carboxylic acids is 1. The summed E-state index contributed by atoms with van der Waals surface area (Å²) in [5, 5.41) is 10.6. The number of thiophene rings is 1. The molecule has 1 saturated heterocycles. The van der Waals surface area contributed by atoms with E-state index in [-0.39, 0.29) is 11.5 Å². The molecular formula is C22H26N8O2S. The number of rotatable bonds is 7. The van der Waals surface area contributed by atoms with E-state index in [1.807, 2.05) is 27.7 Å². The molecule has 4 aromatic heterocycles. The maximum Gasteiger partial charge on any atom is 0.272 e. The number of amides is 1. The van der Waals surface area contributed by atoms with Gasteiger partial charge in [-0.2, -0.15) is 0 Å². The maximum absolute atomic E-state index is 12.8. The molecule has 172 valence electrons. The number of nitrogens with zero attached hydrogens (tertiary/aromatic N) is 8. The summed E-state index contributed by atoms with van der Waals surface area (Å²) < 4.78 is 4.40. The molecule has 1 amide bonds. The molecule has 0 saturated carbocycles. The molecule has 10 nitrogen and oxygen atoms in total. The average Bonchev–Trinajstić information content (AvgIpc) is 3.50. The van der Waals surface area contributed by atoms with Crippen molar-refractivity contribution in [3.8, 4) is 0 Å². The van der Waals surface area contributed by atoms with Gasteiger partial charge in [-0.3, -0.25) is 18.6 Å². The van der Waals surface area contributed by atoms with Gasteiger partial charge in [0.05, 0.1) is 5.52 Å². The summed E-state index contributed by atoms with van der Waals surface area (Å²) in [6.07, 6.45) is 6.07. The van der Waals surface area contributed by atoms with Crippen molar-refractivity contribution in [2.45, 2.75) is 39.2 Å². The van der Waals surface area contributed by atoms with Gasteiger partial charge in [-0.25, -0.2) is 9.97 Å². The number of anilines is 1. The molecule has 0 bridgehead atoms. The second-order valence-electron chi connectivity index (χ2n) is 8.11. The number of fused-ring (bicyclic) bond motifs is 3. The topological polar surface area (TPSA) is 102 Å². The van der Waals surface area contributed by atoms with Crippen LogP contribution < -0.4 is 10.5 Å². The van der Waals surface area contributed by atoms with Crippen molar-refractivity contribution in [1.29, 1.82) is 0 Å². The van der Waals surface area contributed by atoms with Crippen molar-refractivity contribution in [3.05, 3.63) is 46.1 Å². The highest BCUT2D eigenvalue weighted by atomic mass is 32.1. The molecule has 1 aliphatic rings. The molecule has 11 heteroatoms. The van der Waals surface area contributed by atoms with Crippen LogP contribution >= 0.6 is 11.3 Å². The zero-order valence-electron chi connectivity index (χ0n) is 18.6. The Labute approximate surface area is 194 Å². The van der Waals surface area contributed by atoms with Crippen LogP contribution in [0, 0.1) is 0 Å². The van der Waals surface area contributed by atoms with Crippen LogP contribution in [0.3, 0.4) is 0 Å². The van der Waals surface area contributed by atoms with Crippen LogP contribution in [-0.2, 0) is 17.8 Å². The van der Waals surface area contributed by atoms with Crippen molar-refractivity contribution in [1.82, 2.24) is 34.0 Å². The molecule has 0 atom stereocenters. The first kappa shape index (κ1) is 21.5. The fourth-order valence-corrected chi connectivity index (χ4v) is 5.16. The van der Waals surface area contributed by atoms with Crippen LogP contribution in [0.4, 0.5) is 5.95 Å². The van der Waals surface area contributed by atoms with Gasteiger partial charge < -0.3 is 9.80 Å². The van der Waals surface area contributed by atoms with E-state index >= 15 is 0 Å². The maximum atomic E-state index is 12.8. The van der Waals surface area contributed by atoms with Gasteiger partial charge >= 0.3 is 0 Å². The first-order valence-electron chi connectivity index (χ1n) is 11.3. The van der Waals surface area contributed by atoms with Gasteiger partial charge in [0.15, 0.2) is 0 Å². The van der Waals surface area contributed by atoms with Crippen LogP contribution in [0.2, 0.25) is 0 Å². The molecule has 0 unspecified atom stereocenters. The molecule has 0 radical (unpaired) electrons. The average molecular weight is 467 g/mol. The van der Waals surface area contributed by atoms with Crippen molar-refractivity contribution < 1.29 is 4.79 Å². The third-order valence-corrected chi connectivity index (χ3v) is 6.88. The highest BCUT2D eigenvalue weighted by molar-refractivity contribution is 7.17. The summed E-state index contributed by atoms with van der Waals surface area (Å²) >= 11 is 1.44. The van der Waals surface area contributed by atoms with Crippen molar-refractivity contribution in [2.75, 3.05) is 31.1 Å². The Morgan fingerprint density at radius 2 is 1.91 bits per heavy atom. The number of piperazine rings is 1. The normalized spacial score (nSPS) is 14.5. The molecule has 0 N–H and O–H groups in total. The molecule has 4 aromatic rings. The Morgan fingerprint density at radius 3 is 2.67 bits per heavy atom. The van der Waals surface area contributed by atoms with Gasteiger partial charge in [-0.05, 0) is 30.4 Å². The van der Waals surface area contributed by atoms with Crippen molar-refractivity contribution in [3.63, 3.8) is 0 Å². The van der Waals surface area contributed by atoms with Gasteiger partial charge in [0.25, 0.3) is 5.56 Å². The quantitative estimate of drug-likeness (QED) is 0.410. The minimum atomic E-state index is -0.0106. The molecule has 1 aliphatic heterocycles. The molecule has 0 aromatic carbocycles. The molecule has 5 rings (SSSR count). The van der Waals surface area contributed by atoms with E-state index in [4.69, 9.17) is 0 Å². The van der Waals surface area contributed by atoms with Crippen LogP contribution in [0.1, 0.15) is 32.0 Å². The zero-order valence-corrected chi connectivity index (χ0v) is 19.4. The molecular weight excluding hydrogens is 440 g/mol. The number of carbonyl (C=O) groups is 1. The van der Waals surface area contributed by atoms with Crippen molar-refractivity contribution in [2.24, 2.45) is 0 Å². The largest absolute Gasteiger partial charge is 0.339 e. The fraction of sp³-hybridized carbons (Fsp3) is 0.455. The van der Waals surface area contributed by atoms with E-state index in [9.17, 15) is 9.59 Å². The summed E-state index contributed by atoms with van der Waals surface area (Å²) in [6.45, 7) is 5.45. The molecule has 5 heterocycles. The van der Waals surface area contributed by atoms with Gasteiger partial charge in [-0.1, -0.05) is 6.92 Å². The summed E-state index contributed by atoms with van der Waals surface area (Å²) in [5.74, 6) is 2.23. The highest BCUT2D eigenvalue weighted by Crippen LogP contribution is 2.21. The number of hydrogen-bond acceptors (Lipinski definition) is 8. The molecule has 0 aliphatic carbocycles. The zero-order chi connectivity index (χ0) is 22.8. The van der Waals surface area contributed by atoms with Crippen LogP contribution in [0.25, 0.3) is 16.0 Å². The van der Waals surface area contributed by atoms with E-state index < -0.39 is 0 Å². The predicted molar refractivity (Wildman–Crippen MR) is 127 cm³/mol. The SMILES string of the molecule is CCCn1c(=O)c2sccc2n2c(CCCC(=O)N3CCN(c4ncccn4)CC3)nnc12. The Balaban J connectivity index is 1.24. The Morgan fingerprint density at radius 1 is 1.12 bits per heavy atom. The minimum absolute atomic E-state index is 0.0106. The van der Waals surface area contributed by atoms with E-state index in [1.54, 1.807) is 23.0 Å². The molecule has 0 spiro atoms. The third kappa shape index (κ3) is 4.08. The number of hydrogen-bond donors (Lipinski definition) is 0. The summed E-state index contributed by atoms with van der Waals surface area (Å²) in [5.41, 5.74) is 0.835. The number of aryl methyl sites for hydroxylation is 2. The third-order valence-electron chi connectivity index (χ3n) is 5.98. The van der Waals surface area contributed by atoms with Gasteiger partial charge in [-0.15, -0.1) is 21.5 Å². The lowest BCUT2D eigenvalue weighted by atomic mass is 10.2. The Kier molecular flexibility index (Phi) is 6.03. The Bertz CT molecular complexity index is 1320. The van der Waals surface area contributed by atoms with Gasteiger partial charge in [0, 0.05) is 58.0 Å². The van der Waals surface area contributed by atoms with Crippen LogP contribution in [-0.4, -0.2) is 66.1 Å². The van der Waals surface area contributed by atoms with Gasteiger partial charge in [0.2, 0.25) is 17.6 Å². The monoisotopic (exact) mass is 466 g/mol. The lowest BCUT2D eigenvalue weighted by Gasteiger charge is -2.34. The van der Waals surface area contributed by atoms with Crippen LogP contribution in [0.15, 0.2) is 34.7 Å². The predicted octanol–water partition coefficient (Wildman–Crippen LogP) is 1.98. The fourth-order valence-electron chi connectivity index (χ4n) is 4.33. The summed E-state index contributed by atoms with van der Waals surface area (Å²) in [6, 6.07) is 3.74. The lowest BCUT2D eigenvalue weighted by Crippen LogP contribution is -2.49. The minimum Gasteiger partial charge on any atom is -0.339 e. The van der Waals surface area contributed by atoms with E-state index in [1.165, 1.54) is 11.3 Å². The second kappa shape index (κ2) is 9.26. The molecule has 1 fully saturated rings. The number of aromatic nitrogens is 6. The van der Waals surface area contributed by atoms with Gasteiger partial charge in [0.1, 0.15) is 10.5 Å². The van der Waals surface area contributed by atoms with E-state index in [0.717, 1.165) is 30.9 Å². The molecule has 33 heavy (non-hydrogen) atoms. The first-order chi connectivity index (χ1) is 16.2. The van der Waals surface area contributed by atoms with Crippen molar-refractivity contribution >= 4 is 39.2 Å². The summed E-state index contributed by atoms with van der Waals surface area (Å²) in [7, 11) is 0. The summed E-state index contributed by atoms with van der Waals surface area (Å²) in [4.78, 5) is 38.2. The van der Waals surface area contributed by atoms with E-state index in [2.05, 4.69) is 25.1 Å². The van der Waals surface area contributed by atoms with E-state index in [0.29, 0.717) is 55.3 Å². The smallest absolute Gasteiger partial charge is 0.272 e. The standard InChI is InChI=1S/C22H26N8O2S/c1-2-10-29-20(32)19-16(7-15-33-19)30-17(25-26-22(29)30)5-3-6-18(31)27-11-13-28(14-12-27)21-23-8-4-9-24-21/h4,7-9,15H,2-3,5-6,10-14H2,1H3. The Hall–Kier alpha value is -3.34. The second-order valence-corrected chi connectivity index (χ2v) is 9.03. The van der Waals surface area contributed by atoms with Crippen LogP contribution in [0.5, 0.6) is 0 Å². The first-order valence-corrected chi connectivity index (χ1v) is 12.2.